The monoisotopic (exact) mass is 410 g/mol. The summed E-state index contributed by atoms with van der Waals surface area (Å²) in [4.78, 5) is 4.66. The molecule has 8 heteroatoms. The largest absolute Gasteiger partial charge is 0.493 e. The first-order valence-electron chi connectivity index (χ1n) is 10.1. The van der Waals surface area contributed by atoms with Crippen LogP contribution in [0.5, 0.6) is 5.75 Å². The molecule has 0 heterocycles. The summed E-state index contributed by atoms with van der Waals surface area (Å²) in [7, 11) is -3.14. The van der Waals surface area contributed by atoms with Crippen molar-refractivity contribution in [3.8, 4) is 5.75 Å². The number of guanidine groups is 1. The van der Waals surface area contributed by atoms with E-state index in [4.69, 9.17) is 4.74 Å². The molecule has 7 nitrogen and oxygen atoms in total. The summed E-state index contributed by atoms with van der Waals surface area (Å²) in [5.74, 6) is 2.34. The van der Waals surface area contributed by atoms with Crippen LogP contribution in [0.4, 0.5) is 0 Å². The number of aliphatic imine (C=N–C) groups is 1. The van der Waals surface area contributed by atoms with Crippen molar-refractivity contribution in [2.24, 2.45) is 10.9 Å². The van der Waals surface area contributed by atoms with E-state index in [9.17, 15) is 8.42 Å². The van der Waals surface area contributed by atoms with Crippen molar-refractivity contribution in [3.05, 3.63) is 29.8 Å². The van der Waals surface area contributed by atoms with Crippen LogP contribution in [0.15, 0.2) is 29.3 Å². The maximum atomic E-state index is 11.6. The molecule has 1 fully saturated rings. The second-order valence-corrected chi connectivity index (χ2v) is 9.07. The van der Waals surface area contributed by atoms with Crippen LogP contribution in [0.25, 0.3) is 0 Å². The molecule has 1 aromatic rings. The number of ether oxygens (including phenoxy) is 1. The Balaban J connectivity index is 1.86. The van der Waals surface area contributed by atoms with Crippen LogP contribution >= 0.6 is 0 Å². The third-order valence-electron chi connectivity index (χ3n) is 4.59. The van der Waals surface area contributed by atoms with E-state index >= 15 is 0 Å². The summed E-state index contributed by atoms with van der Waals surface area (Å²) in [6.45, 7) is 7.58. The van der Waals surface area contributed by atoms with Crippen LogP contribution in [0.1, 0.15) is 38.7 Å². The molecule has 0 saturated heterocycles. The van der Waals surface area contributed by atoms with E-state index in [0.29, 0.717) is 38.5 Å². The lowest BCUT2D eigenvalue weighted by Gasteiger charge is -2.18. The topological polar surface area (TPSA) is 83.0 Å². The molecule has 1 saturated carbocycles. The fourth-order valence-electron chi connectivity index (χ4n) is 2.79. The van der Waals surface area contributed by atoms with Crippen LogP contribution in [-0.4, -0.2) is 57.7 Å². The van der Waals surface area contributed by atoms with Gasteiger partial charge in [0.15, 0.2) is 5.96 Å². The van der Waals surface area contributed by atoms with Crippen LogP contribution in [0, 0.1) is 5.92 Å². The molecule has 0 aliphatic heterocycles. The molecule has 0 radical (unpaired) electrons. The lowest BCUT2D eigenvalue weighted by molar-refractivity contribution is 0.297. The van der Waals surface area contributed by atoms with Crippen molar-refractivity contribution < 1.29 is 13.2 Å². The van der Waals surface area contributed by atoms with Gasteiger partial charge in [-0.15, -0.1) is 0 Å². The Bertz CT molecular complexity index is 733. The maximum absolute atomic E-state index is 11.6. The minimum Gasteiger partial charge on any atom is -0.493 e. The molecule has 1 aromatic carbocycles. The van der Waals surface area contributed by atoms with Gasteiger partial charge in [0.05, 0.1) is 19.4 Å². The lowest BCUT2D eigenvalue weighted by atomic mass is 10.2. The SMILES string of the molecule is CCNC(=NCc1ccccc1OCC1CC1)NCCCN(CC)S(C)(=O)=O. The summed E-state index contributed by atoms with van der Waals surface area (Å²) in [5, 5.41) is 6.51. The Morgan fingerprint density at radius 2 is 2.00 bits per heavy atom. The van der Waals surface area contributed by atoms with Gasteiger partial charge in [-0.2, -0.15) is 0 Å². The summed E-state index contributed by atoms with van der Waals surface area (Å²) in [6, 6.07) is 8.03. The van der Waals surface area contributed by atoms with Gasteiger partial charge in [0, 0.05) is 31.7 Å². The number of hydrogen-bond acceptors (Lipinski definition) is 4. The zero-order chi connectivity index (χ0) is 20.4. The standard InChI is InChI=1S/C20H34N4O3S/c1-4-21-20(22-13-8-14-24(5-2)28(3,25)26)23-15-18-9-6-7-10-19(18)27-16-17-11-12-17/h6-7,9-10,17H,4-5,8,11-16H2,1-3H3,(H2,21,22,23). The van der Waals surface area contributed by atoms with Crippen molar-refractivity contribution in [1.29, 1.82) is 0 Å². The van der Waals surface area contributed by atoms with Gasteiger partial charge in [-0.25, -0.2) is 17.7 Å². The predicted octanol–water partition coefficient (Wildman–Crippen LogP) is 2.20. The molecule has 0 spiro atoms. The van der Waals surface area contributed by atoms with Gasteiger partial charge in [-0.3, -0.25) is 0 Å². The number of benzene rings is 1. The number of nitrogens with zero attached hydrogens (tertiary/aromatic N) is 2. The van der Waals surface area contributed by atoms with E-state index in [-0.39, 0.29) is 0 Å². The average Bonchev–Trinajstić information content (AvgIpc) is 3.48. The van der Waals surface area contributed by atoms with E-state index in [1.165, 1.54) is 23.4 Å². The highest BCUT2D eigenvalue weighted by atomic mass is 32.2. The van der Waals surface area contributed by atoms with Gasteiger partial charge in [-0.05, 0) is 38.2 Å². The lowest BCUT2D eigenvalue weighted by Crippen LogP contribution is -2.39. The Labute approximate surface area is 169 Å². The molecule has 0 unspecified atom stereocenters. The van der Waals surface area contributed by atoms with E-state index in [0.717, 1.165) is 30.4 Å². The quantitative estimate of drug-likeness (QED) is 0.314. The van der Waals surface area contributed by atoms with Gasteiger partial charge in [0.2, 0.25) is 10.0 Å². The second-order valence-electron chi connectivity index (χ2n) is 7.09. The highest BCUT2D eigenvalue weighted by molar-refractivity contribution is 7.88. The first kappa shape index (κ1) is 22.5. The number of sulfonamides is 1. The van der Waals surface area contributed by atoms with E-state index in [1.54, 1.807) is 0 Å². The highest BCUT2D eigenvalue weighted by Crippen LogP contribution is 2.30. The minimum absolute atomic E-state index is 0.491. The number of hydrogen-bond donors (Lipinski definition) is 2. The first-order valence-corrected chi connectivity index (χ1v) is 12.0. The smallest absolute Gasteiger partial charge is 0.211 e. The molecule has 158 valence electrons. The summed E-state index contributed by atoms with van der Waals surface area (Å²) in [6.07, 6.45) is 4.50. The third-order valence-corrected chi connectivity index (χ3v) is 5.97. The molecule has 0 bridgehead atoms. The maximum Gasteiger partial charge on any atom is 0.211 e. The molecule has 0 atom stereocenters. The van der Waals surface area contributed by atoms with E-state index < -0.39 is 10.0 Å². The van der Waals surface area contributed by atoms with Crippen molar-refractivity contribution in [2.45, 2.75) is 39.7 Å². The number of nitrogens with one attached hydrogen (secondary N) is 2. The Morgan fingerprint density at radius 3 is 2.64 bits per heavy atom. The van der Waals surface area contributed by atoms with Gasteiger partial charge >= 0.3 is 0 Å². The fourth-order valence-corrected chi connectivity index (χ4v) is 3.72. The predicted molar refractivity (Wildman–Crippen MR) is 114 cm³/mol. The molecule has 1 aliphatic carbocycles. The molecule has 1 aliphatic rings. The van der Waals surface area contributed by atoms with E-state index in [2.05, 4.69) is 15.6 Å². The summed E-state index contributed by atoms with van der Waals surface area (Å²) < 4.78 is 30.7. The van der Waals surface area contributed by atoms with Gasteiger partial charge < -0.3 is 15.4 Å². The van der Waals surface area contributed by atoms with Crippen LogP contribution in [0.2, 0.25) is 0 Å². The minimum atomic E-state index is -3.14. The highest BCUT2D eigenvalue weighted by Gasteiger charge is 2.22. The fraction of sp³-hybridized carbons (Fsp3) is 0.650. The van der Waals surface area contributed by atoms with Crippen molar-refractivity contribution in [1.82, 2.24) is 14.9 Å². The second kappa shape index (κ2) is 11.3. The van der Waals surface area contributed by atoms with Gasteiger partial charge in [0.1, 0.15) is 5.75 Å². The Morgan fingerprint density at radius 1 is 1.25 bits per heavy atom. The van der Waals surface area contributed by atoms with Crippen LogP contribution < -0.4 is 15.4 Å². The zero-order valence-electron chi connectivity index (χ0n) is 17.3. The van der Waals surface area contributed by atoms with Crippen molar-refractivity contribution >= 4 is 16.0 Å². The van der Waals surface area contributed by atoms with Crippen LogP contribution in [-0.2, 0) is 16.6 Å². The van der Waals surface area contributed by atoms with E-state index in [1.807, 2.05) is 38.1 Å². The normalized spacial score (nSPS) is 14.9. The number of rotatable bonds is 12. The molecule has 2 rings (SSSR count). The molecule has 0 aromatic heterocycles. The summed E-state index contributed by atoms with van der Waals surface area (Å²) >= 11 is 0. The molecular formula is C20H34N4O3S. The number of para-hydroxylation sites is 1. The Kier molecular flexibility index (Phi) is 9.05. The molecule has 2 N–H and O–H groups in total. The zero-order valence-corrected chi connectivity index (χ0v) is 18.1. The molecule has 0 amide bonds. The molecular weight excluding hydrogens is 376 g/mol. The summed E-state index contributed by atoms with van der Waals surface area (Å²) in [5.41, 5.74) is 1.06. The van der Waals surface area contributed by atoms with Crippen molar-refractivity contribution in [2.75, 3.05) is 39.0 Å². The third kappa shape index (κ3) is 8.06. The average molecular weight is 411 g/mol. The van der Waals surface area contributed by atoms with Crippen LogP contribution in [0.3, 0.4) is 0 Å². The van der Waals surface area contributed by atoms with Crippen molar-refractivity contribution in [3.63, 3.8) is 0 Å². The van der Waals surface area contributed by atoms with Gasteiger partial charge in [0.25, 0.3) is 0 Å². The molecule has 28 heavy (non-hydrogen) atoms. The van der Waals surface area contributed by atoms with Gasteiger partial charge in [-0.1, -0.05) is 25.1 Å². The Hall–Kier alpha value is -1.80. The first-order chi connectivity index (χ1) is 13.4.